The molecule has 2 nitrogen and oxygen atoms in total. The monoisotopic (exact) mass is 334 g/mol. The van der Waals surface area contributed by atoms with Crippen LogP contribution in [0.15, 0.2) is 22.7 Å². The lowest BCUT2D eigenvalue weighted by atomic mass is 10.1. The summed E-state index contributed by atoms with van der Waals surface area (Å²) in [7, 11) is 0. The van der Waals surface area contributed by atoms with Crippen molar-refractivity contribution in [3.8, 4) is 5.75 Å². The molecule has 0 bridgehead atoms. The number of ether oxygens (including phenoxy) is 1. The molecule has 0 spiro atoms. The summed E-state index contributed by atoms with van der Waals surface area (Å²) in [5, 5.41) is 0.678. The van der Waals surface area contributed by atoms with Crippen LogP contribution in [0, 0.1) is 0 Å². The molecule has 0 saturated heterocycles. The highest BCUT2D eigenvalue weighted by molar-refractivity contribution is 9.10. The summed E-state index contributed by atoms with van der Waals surface area (Å²) in [6.07, 6.45) is 0.494. The second kappa shape index (κ2) is 6.28. The highest BCUT2D eigenvalue weighted by Gasteiger charge is 2.10. The van der Waals surface area contributed by atoms with Gasteiger partial charge in [-0.25, -0.2) is 0 Å². The van der Waals surface area contributed by atoms with Crippen LogP contribution in [0.5, 0.6) is 5.75 Å². The maximum absolute atomic E-state index is 11.7. The molecule has 82 valence electrons. The largest absolute Gasteiger partial charge is 0.494 e. The fourth-order valence-corrected chi connectivity index (χ4v) is 2.02. The first-order chi connectivity index (χ1) is 7.19. The molecule has 0 amide bonds. The summed E-state index contributed by atoms with van der Waals surface area (Å²) in [5.41, 5.74) is 0.681. The topological polar surface area (TPSA) is 26.3 Å². The molecule has 0 aliphatic rings. The van der Waals surface area contributed by atoms with Crippen molar-refractivity contribution in [1.82, 2.24) is 0 Å². The van der Waals surface area contributed by atoms with Gasteiger partial charge in [0.1, 0.15) is 5.75 Å². The fraction of sp³-hybridized carbons (Fsp3) is 0.364. The Morgan fingerprint density at radius 3 is 2.80 bits per heavy atom. The van der Waals surface area contributed by atoms with Crippen LogP contribution in [-0.2, 0) is 0 Å². The zero-order valence-electron chi connectivity index (χ0n) is 8.43. The first kappa shape index (κ1) is 12.7. The SMILES string of the molecule is CCOc1ccc(Br)c(C(=O)CCBr)c1. The third kappa shape index (κ3) is 3.61. The number of rotatable bonds is 5. The average molecular weight is 336 g/mol. The van der Waals surface area contributed by atoms with Crippen molar-refractivity contribution in [2.24, 2.45) is 0 Å². The second-order valence-electron chi connectivity index (χ2n) is 2.94. The van der Waals surface area contributed by atoms with E-state index in [0.717, 1.165) is 10.2 Å². The molecule has 0 aliphatic carbocycles. The Balaban J connectivity index is 2.94. The van der Waals surface area contributed by atoms with Gasteiger partial charge in [0.25, 0.3) is 0 Å². The molecular weight excluding hydrogens is 324 g/mol. The van der Waals surface area contributed by atoms with E-state index in [1.807, 2.05) is 19.1 Å². The molecule has 0 saturated carbocycles. The van der Waals surface area contributed by atoms with E-state index in [4.69, 9.17) is 4.74 Å². The number of hydrogen-bond donors (Lipinski definition) is 0. The van der Waals surface area contributed by atoms with E-state index in [9.17, 15) is 4.79 Å². The van der Waals surface area contributed by atoms with Gasteiger partial charge in [-0.3, -0.25) is 4.79 Å². The Morgan fingerprint density at radius 2 is 2.20 bits per heavy atom. The molecule has 0 heterocycles. The Bertz CT molecular complexity index is 350. The van der Waals surface area contributed by atoms with E-state index >= 15 is 0 Å². The minimum Gasteiger partial charge on any atom is -0.494 e. The number of benzene rings is 1. The highest BCUT2D eigenvalue weighted by atomic mass is 79.9. The van der Waals surface area contributed by atoms with Crippen molar-refractivity contribution in [1.29, 1.82) is 0 Å². The van der Waals surface area contributed by atoms with Gasteiger partial charge in [-0.05, 0) is 25.1 Å². The predicted octanol–water partition coefficient (Wildman–Crippen LogP) is 3.82. The number of Topliss-reactive ketones (excluding diaryl/α,β-unsaturated/α-hetero) is 1. The zero-order chi connectivity index (χ0) is 11.3. The van der Waals surface area contributed by atoms with Gasteiger partial charge in [-0.15, -0.1) is 0 Å². The maximum Gasteiger partial charge on any atom is 0.164 e. The smallest absolute Gasteiger partial charge is 0.164 e. The van der Waals surface area contributed by atoms with Crippen molar-refractivity contribution < 1.29 is 9.53 Å². The summed E-state index contributed by atoms with van der Waals surface area (Å²) in [5.74, 6) is 0.846. The molecule has 0 fully saturated rings. The van der Waals surface area contributed by atoms with Crippen molar-refractivity contribution in [2.75, 3.05) is 11.9 Å². The molecule has 0 N–H and O–H groups in total. The van der Waals surface area contributed by atoms with Crippen molar-refractivity contribution in [3.05, 3.63) is 28.2 Å². The molecule has 1 aromatic rings. The van der Waals surface area contributed by atoms with E-state index in [2.05, 4.69) is 31.9 Å². The molecule has 0 atom stereocenters. The lowest BCUT2D eigenvalue weighted by Gasteiger charge is -2.07. The summed E-state index contributed by atoms with van der Waals surface area (Å²) in [6, 6.07) is 5.46. The quantitative estimate of drug-likeness (QED) is 0.604. The number of ketones is 1. The van der Waals surface area contributed by atoms with Crippen molar-refractivity contribution in [3.63, 3.8) is 0 Å². The van der Waals surface area contributed by atoms with Gasteiger partial charge in [0.05, 0.1) is 6.61 Å². The first-order valence-electron chi connectivity index (χ1n) is 4.70. The van der Waals surface area contributed by atoms with E-state index in [0.29, 0.717) is 23.9 Å². The predicted molar refractivity (Wildman–Crippen MR) is 68.1 cm³/mol. The molecule has 0 aromatic heterocycles. The lowest BCUT2D eigenvalue weighted by Crippen LogP contribution is -2.02. The van der Waals surface area contributed by atoms with E-state index < -0.39 is 0 Å². The van der Waals surface area contributed by atoms with Crippen LogP contribution in [0.3, 0.4) is 0 Å². The Kier molecular flexibility index (Phi) is 5.32. The normalized spacial score (nSPS) is 10.1. The summed E-state index contributed by atoms with van der Waals surface area (Å²) in [4.78, 5) is 11.7. The summed E-state index contributed by atoms with van der Waals surface area (Å²) >= 11 is 6.61. The molecular formula is C11H12Br2O2. The number of carbonyl (C=O) groups excluding carboxylic acids is 1. The van der Waals surface area contributed by atoms with Crippen molar-refractivity contribution >= 4 is 37.6 Å². The number of carbonyl (C=O) groups is 1. The van der Waals surface area contributed by atoms with Crippen LogP contribution in [0.25, 0.3) is 0 Å². The van der Waals surface area contributed by atoms with E-state index in [1.165, 1.54) is 0 Å². The number of halogens is 2. The van der Waals surface area contributed by atoms with Crippen LogP contribution in [0.1, 0.15) is 23.7 Å². The highest BCUT2D eigenvalue weighted by Crippen LogP contribution is 2.24. The fourth-order valence-electron chi connectivity index (χ4n) is 1.20. The van der Waals surface area contributed by atoms with Gasteiger partial charge in [-0.2, -0.15) is 0 Å². The third-order valence-corrected chi connectivity index (χ3v) is 2.96. The van der Waals surface area contributed by atoms with E-state index in [-0.39, 0.29) is 5.78 Å². The van der Waals surface area contributed by atoms with Gasteiger partial charge in [0.15, 0.2) is 5.78 Å². The molecule has 1 rings (SSSR count). The Hall–Kier alpha value is -0.350. The first-order valence-corrected chi connectivity index (χ1v) is 6.62. The van der Waals surface area contributed by atoms with Crippen LogP contribution < -0.4 is 4.74 Å². The standard InChI is InChI=1S/C11H12Br2O2/c1-2-15-8-3-4-10(13)9(7-8)11(14)5-6-12/h3-4,7H,2,5-6H2,1H3. The van der Waals surface area contributed by atoms with Gasteiger partial charge >= 0.3 is 0 Å². The summed E-state index contributed by atoms with van der Waals surface area (Å²) in [6.45, 7) is 2.52. The molecule has 15 heavy (non-hydrogen) atoms. The molecule has 0 aliphatic heterocycles. The summed E-state index contributed by atoms with van der Waals surface area (Å²) < 4.78 is 6.16. The minimum absolute atomic E-state index is 0.111. The minimum atomic E-state index is 0.111. The van der Waals surface area contributed by atoms with Crippen LogP contribution in [-0.4, -0.2) is 17.7 Å². The Morgan fingerprint density at radius 1 is 1.47 bits per heavy atom. The lowest BCUT2D eigenvalue weighted by molar-refractivity contribution is 0.0988. The number of hydrogen-bond acceptors (Lipinski definition) is 2. The molecule has 4 heteroatoms. The van der Waals surface area contributed by atoms with Crippen LogP contribution in [0.2, 0.25) is 0 Å². The second-order valence-corrected chi connectivity index (χ2v) is 4.58. The number of alkyl halides is 1. The third-order valence-electron chi connectivity index (χ3n) is 1.87. The van der Waals surface area contributed by atoms with Crippen LogP contribution in [0.4, 0.5) is 0 Å². The van der Waals surface area contributed by atoms with Gasteiger partial charge in [0.2, 0.25) is 0 Å². The zero-order valence-corrected chi connectivity index (χ0v) is 11.6. The molecule has 0 radical (unpaired) electrons. The average Bonchev–Trinajstić information content (AvgIpc) is 2.21. The van der Waals surface area contributed by atoms with Gasteiger partial charge < -0.3 is 4.74 Å². The van der Waals surface area contributed by atoms with Gasteiger partial charge in [0, 0.05) is 21.8 Å². The van der Waals surface area contributed by atoms with Gasteiger partial charge in [-0.1, -0.05) is 31.9 Å². The molecule has 1 aromatic carbocycles. The van der Waals surface area contributed by atoms with Crippen LogP contribution >= 0.6 is 31.9 Å². The van der Waals surface area contributed by atoms with Crippen molar-refractivity contribution in [2.45, 2.75) is 13.3 Å². The van der Waals surface area contributed by atoms with E-state index in [1.54, 1.807) is 6.07 Å². The molecule has 0 unspecified atom stereocenters. The Labute approximate surface area is 106 Å². The maximum atomic E-state index is 11.7.